The number of phenols is 1. The van der Waals surface area contributed by atoms with Crippen LogP contribution in [0.4, 0.5) is 10.5 Å². The number of aliphatic hydroxyl groups excluding tert-OH is 2. The second kappa shape index (κ2) is 11.9. The Morgan fingerprint density at radius 1 is 0.958 bits per heavy atom. The molecule has 13 heteroatoms. The SMILES string of the molecule is COc1ccc(OC(=O)Nc2ccc(-c3ccc(O)c4c3C[C@H]3C[C@H]5[C@@H](N(C)C)C(O)=C(C(N)=O)C(=O)[C@@]5(O)C(O)=C3C4=O)cc2)cc1. The molecule has 3 aromatic rings. The number of aromatic hydroxyl groups is 1. The molecule has 3 aliphatic rings. The number of anilines is 1. The van der Waals surface area contributed by atoms with Crippen LogP contribution in [0.15, 0.2) is 83.3 Å². The lowest BCUT2D eigenvalue weighted by Crippen LogP contribution is -2.63. The van der Waals surface area contributed by atoms with Crippen molar-refractivity contribution in [2.75, 3.05) is 26.5 Å². The van der Waals surface area contributed by atoms with E-state index in [9.17, 15) is 39.6 Å². The number of amides is 2. The van der Waals surface area contributed by atoms with E-state index in [4.69, 9.17) is 15.2 Å². The molecule has 0 saturated carbocycles. The van der Waals surface area contributed by atoms with Crippen molar-refractivity contribution >= 4 is 29.3 Å². The first-order valence-corrected chi connectivity index (χ1v) is 15.0. The van der Waals surface area contributed by atoms with Crippen molar-refractivity contribution in [2.45, 2.75) is 24.5 Å². The number of primary amides is 1. The minimum Gasteiger partial charge on any atom is -0.510 e. The van der Waals surface area contributed by atoms with Crippen molar-refractivity contribution < 1.29 is 49.1 Å². The molecule has 0 heterocycles. The Balaban J connectivity index is 1.33. The number of nitrogens with one attached hydrogen (secondary N) is 1. The summed E-state index contributed by atoms with van der Waals surface area (Å²) in [5.74, 6) is -6.19. The van der Waals surface area contributed by atoms with Crippen molar-refractivity contribution in [1.82, 2.24) is 4.90 Å². The summed E-state index contributed by atoms with van der Waals surface area (Å²) in [5, 5.41) is 47.7. The van der Waals surface area contributed by atoms with Gasteiger partial charge in [-0.15, -0.1) is 0 Å². The van der Waals surface area contributed by atoms with Crippen LogP contribution in [0.3, 0.4) is 0 Å². The molecular formula is C35H33N3O10. The highest BCUT2D eigenvalue weighted by atomic mass is 16.6. The van der Waals surface area contributed by atoms with Gasteiger partial charge in [-0.2, -0.15) is 0 Å². The minimum atomic E-state index is -2.71. The third-order valence-corrected chi connectivity index (χ3v) is 9.32. The Labute approximate surface area is 274 Å². The number of aliphatic hydroxyl groups is 3. The van der Waals surface area contributed by atoms with Crippen LogP contribution in [0.2, 0.25) is 0 Å². The summed E-state index contributed by atoms with van der Waals surface area (Å²) in [6.07, 6.45) is -0.607. The topological polar surface area (TPSA) is 209 Å². The Kier molecular flexibility index (Phi) is 7.97. The molecule has 0 fully saturated rings. The zero-order chi connectivity index (χ0) is 34.7. The number of Topliss-reactive ketones (excluding diaryl/α,β-unsaturated/α-hetero) is 2. The van der Waals surface area contributed by atoms with Crippen LogP contribution in [-0.4, -0.2) is 81.7 Å². The normalized spacial score (nSPS) is 23.3. The molecule has 0 spiro atoms. The van der Waals surface area contributed by atoms with Crippen LogP contribution in [-0.2, 0) is 16.0 Å². The van der Waals surface area contributed by atoms with E-state index in [0.717, 1.165) is 0 Å². The van der Waals surface area contributed by atoms with Crippen molar-refractivity contribution in [3.8, 4) is 28.4 Å². The Hall–Kier alpha value is -5.66. The number of benzene rings is 3. The lowest BCUT2D eigenvalue weighted by molar-refractivity contribution is -0.148. The summed E-state index contributed by atoms with van der Waals surface area (Å²) >= 11 is 0. The van der Waals surface area contributed by atoms with E-state index in [1.54, 1.807) is 68.7 Å². The van der Waals surface area contributed by atoms with E-state index in [-0.39, 0.29) is 29.7 Å². The molecule has 48 heavy (non-hydrogen) atoms. The third-order valence-electron chi connectivity index (χ3n) is 9.32. The number of carbonyl (C=O) groups excluding carboxylic acids is 4. The average molecular weight is 656 g/mol. The molecule has 0 aliphatic heterocycles. The van der Waals surface area contributed by atoms with Gasteiger partial charge in [0.05, 0.1) is 18.7 Å². The Bertz CT molecular complexity index is 1930. The Morgan fingerprint density at radius 2 is 1.60 bits per heavy atom. The molecule has 13 nitrogen and oxygen atoms in total. The molecule has 248 valence electrons. The average Bonchev–Trinajstić information content (AvgIpc) is 3.03. The second-order valence-electron chi connectivity index (χ2n) is 12.2. The number of ether oxygens (including phenoxy) is 2. The first-order valence-electron chi connectivity index (χ1n) is 15.0. The predicted octanol–water partition coefficient (Wildman–Crippen LogP) is 3.41. The smallest absolute Gasteiger partial charge is 0.417 e. The standard InChI is InChI=1S/C35H33N3O10/c1-38(2)28-23-15-17-14-22-21(16-4-6-18(7-5-16)37-34(45)48-20-10-8-19(47-3)9-11-20)12-13-24(39)26(22)29(40)25(17)31(42)35(23,46)32(43)27(30(28)41)33(36)44/h4-13,17,23,28,39,41-42,46H,14-15H2,1-3H3,(H2,36,44)(H,37,45)/t17-,23-,28+,35-/m0/s1. The highest BCUT2D eigenvalue weighted by Crippen LogP contribution is 2.53. The highest BCUT2D eigenvalue weighted by Gasteiger charge is 2.63. The summed E-state index contributed by atoms with van der Waals surface area (Å²) in [6, 6.07) is 15.1. The van der Waals surface area contributed by atoms with Gasteiger partial charge < -0.3 is 35.6 Å². The number of carbonyl (C=O) groups is 4. The van der Waals surface area contributed by atoms with E-state index < -0.39 is 64.1 Å². The zero-order valence-corrected chi connectivity index (χ0v) is 26.2. The molecule has 6 rings (SSSR count). The molecule has 3 aromatic carbocycles. The number of rotatable bonds is 6. The molecule has 0 bridgehead atoms. The molecule has 0 unspecified atom stereocenters. The van der Waals surface area contributed by atoms with Gasteiger partial charge in [-0.3, -0.25) is 24.6 Å². The predicted molar refractivity (Wildman–Crippen MR) is 172 cm³/mol. The van der Waals surface area contributed by atoms with Gasteiger partial charge in [0.1, 0.15) is 34.3 Å². The van der Waals surface area contributed by atoms with Gasteiger partial charge >= 0.3 is 6.09 Å². The van der Waals surface area contributed by atoms with Crippen LogP contribution >= 0.6 is 0 Å². The lowest BCUT2D eigenvalue weighted by Gasteiger charge is -2.50. The number of likely N-dealkylation sites (N-methyl/N-ethyl adjacent to an activating group) is 1. The van der Waals surface area contributed by atoms with E-state index in [1.807, 2.05) is 0 Å². The largest absolute Gasteiger partial charge is 0.510 e. The molecule has 2 amide bonds. The first kappa shape index (κ1) is 32.3. The molecule has 7 N–H and O–H groups in total. The van der Waals surface area contributed by atoms with Crippen molar-refractivity contribution in [1.29, 1.82) is 0 Å². The number of allylic oxidation sites excluding steroid dienone is 1. The fourth-order valence-corrected chi connectivity index (χ4v) is 7.15. The van der Waals surface area contributed by atoms with Crippen molar-refractivity contribution in [2.24, 2.45) is 17.6 Å². The highest BCUT2D eigenvalue weighted by molar-refractivity contribution is 6.25. The van der Waals surface area contributed by atoms with Gasteiger partial charge in [-0.25, -0.2) is 4.79 Å². The fraction of sp³-hybridized carbons (Fsp3) is 0.257. The summed E-state index contributed by atoms with van der Waals surface area (Å²) in [6.45, 7) is 0. The summed E-state index contributed by atoms with van der Waals surface area (Å²) in [4.78, 5) is 53.6. The minimum absolute atomic E-state index is 0.0278. The molecule has 4 atom stereocenters. The fourth-order valence-electron chi connectivity index (χ4n) is 7.15. The van der Waals surface area contributed by atoms with Gasteiger partial charge in [0.2, 0.25) is 5.78 Å². The van der Waals surface area contributed by atoms with E-state index in [2.05, 4.69) is 5.32 Å². The number of hydrogen-bond donors (Lipinski definition) is 6. The lowest BCUT2D eigenvalue weighted by atomic mass is 9.58. The number of nitrogens with two attached hydrogens (primary N) is 1. The number of fused-ring (bicyclic) bond motifs is 3. The van der Waals surface area contributed by atoms with E-state index in [1.165, 1.54) is 18.1 Å². The third kappa shape index (κ3) is 5.04. The second-order valence-corrected chi connectivity index (χ2v) is 12.2. The van der Waals surface area contributed by atoms with Crippen molar-refractivity contribution in [3.63, 3.8) is 0 Å². The molecule has 0 aromatic heterocycles. The summed E-state index contributed by atoms with van der Waals surface area (Å²) < 4.78 is 10.4. The van der Waals surface area contributed by atoms with Crippen LogP contribution in [0.1, 0.15) is 22.3 Å². The quantitative estimate of drug-likeness (QED) is 0.212. The number of hydrogen-bond acceptors (Lipinski definition) is 11. The zero-order valence-electron chi connectivity index (χ0n) is 26.2. The van der Waals surface area contributed by atoms with Gasteiger partial charge in [-0.1, -0.05) is 18.2 Å². The molecular weight excluding hydrogens is 622 g/mol. The molecule has 0 saturated heterocycles. The van der Waals surface area contributed by atoms with Crippen molar-refractivity contribution in [3.05, 3.63) is 94.5 Å². The van der Waals surface area contributed by atoms with Crippen LogP contribution in [0.25, 0.3) is 11.1 Å². The van der Waals surface area contributed by atoms with E-state index >= 15 is 0 Å². The Morgan fingerprint density at radius 3 is 2.21 bits per heavy atom. The summed E-state index contributed by atoms with van der Waals surface area (Å²) in [7, 11) is 4.67. The monoisotopic (exact) mass is 655 g/mol. The van der Waals surface area contributed by atoms with Crippen LogP contribution < -0.4 is 20.5 Å². The maximum absolute atomic E-state index is 14.0. The maximum atomic E-state index is 14.0. The van der Waals surface area contributed by atoms with Crippen LogP contribution in [0.5, 0.6) is 17.2 Å². The van der Waals surface area contributed by atoms with Gasteiger partial charge in [-0.05, 0) is 92.0 Å². The number of nitrogens with zero attached hydrogens (tertiary/aromatic N) is 1. The van der Waals surface area contributed by atoms with Crippen LogP contribution in [0, 0.1) is 11.8 Å². The number of methoxy groups -OCH3 is 1. The van der Waals surface area contributed by atoms with Gasteiger partial charge in [0.15, 0.2) is 11.4 Å². The number of phenolic OH excluding ortho intramolecular Hbond substituents is 1. The summed E-state index contributed by atoms with van der Waals surface area (Å²) in [5.41, 5.74) is 3.65. The van der Waals surface area contributed by atoms with Gasteiger partial charge in [0, 0.05) is 17.2 Å². The molecule has 0 radical (unpaired) electrons. The molecule has 3 aliphatic carbocycles. The number of ketones is 2. The first-order chi connectivity index (χ1) is 22.8. The maximum Gasteiger partial charge on any atom is 0.417 e. The van der Waals surface area contributed by atoms with Gasteiger partial charge in [0.25, 0.3) is 5.91 Å². The van der Waals surface area contributed by atoms with E-state index in [0.29, 0.717) is 33.9 Å².